The summed E-state index contributed by atoms with van der Waals surface area (Å²) in [5.41, 5.74) is 1.63. The Labute approximate surface area is 129 Å². The lowest BCUT2D eigenvalue weighted by atomic mass is 10.1. The van der Waals surface area contributed by atoms with Gasteiger partial charge in [0.2, 0.25) is 0 Å². The molecule has 0 aromatic heterocycles. The molecule has 0 amide bonds. The second-order valence-electron chi connectivity index (χ2n) is 4.60. The first kappa shape index (κ1) is 15.4. The van der Waals surface area contributed by atoms with Gasteiger partial charge in [-0.05, 0) is 55.8 Å². The molecule has 0 N–H and O–H groups in total. The van der Waals surface area contributed by atoms with Crippen LogP contribution in [0.1, 0.15) is 22.8 Å². The molecule has 0 radical (unpaired) electrons. The Balaban J connectivity index is 1.98. The first-order valence-electron chi connectivity index (χ1n) is 6.75. The van der Waals surface area contributed by atoms with Crippen molar-refractivity contribution in [1.82, 2.24) is 0 Å². The van der Waals surface area contributed by atoms with E-state index in [2.05, 4.69) is 0 Å². The molecule has 0 fully saturated rings. The van der Waals surface area contributed by atoms with Gasteiger partial charge in [-0.2, -0.15) is 0 Å². The lowest BCUT2D eigenvalue weighted by Gasteiger charge is -2.08. The Hall–Kier alpha value is -2.00. The van der Waals surface area contributed by atoms with Gasteiger partial charge in [-0.15, -0.1) is 0 Å². The minimum absolute atomic E-state index is 0.0449. The van der Waals surface area contributed by atoms with E-state index in [1.54, 1.807) is 36.4 Å². The number of hydrogen-bond donors (Lipinski definition) is 0. The smallest absolute Gasteiger partial charge is 0.200 e. The molecule has 0 bridgehead atoms. The number of aryl methyl sites for hydroxylation is 1. The number of benzene rings is 2. The number of ether oxygens (including phenoxy) is 2. The molecule has 0 aliphatic rings. The van der Waals surface area contributed by atoms with Crippen LogP contribution in [0.2, 0.25) is 5.02 Å². The Kier molecular flexibility index (Phi) is 5.23. The molecule has 0 saturated heterocycles. The van der Waals surface area contributed by atoms with Gasteiger partial charge < -0.3 is 9.47 Å². The molecule has 2 aromatic rings. The van der Waals surface area contributed by atoms with Crippen LogP contribution in [-0.2, 0) is 0 Å². The van der Waals surface area contributed by atoms with E-state index in [9.17, 15) is 4.79 Å². The SMILES string of the molecule is CCOc1ccc(C(=O)COc2ccc(C)cc2Cl)cc1. The predicted molar refractivity (Wildman–Crippen MR) is 83.6 cm³/mol. The highest BCUT2D eigenvalue weighted by Crippen LogP contribution is 2.25. The zero-order valence-corrected chi connectivity index (χ0v) is 12.8. The third-order valence-electron chi connectivity index (χ3n) is 2.93. The second kappa shape index (κ2) is 7.14. The van der Waals surface area contributed by atoms with E-state index in [-0.39, 0.29) is 12.4 Å². The summed E-state index contributed by atoms with van der Waals surface area (Å²) in [4.78, 5) is 12.1. The number of carbonyl (C=O) groups excluding carboxylic acids is 1. The van der Waals surface area contributed by atoms with Crippen LogP contribution >= 0.6 is 11.6 Å². The molecule has 0 heterocycles. The Morgan fingerprint density at radius 1 is 1.10 bits per heavy atom. The van der Waals surface area contributed by atoms with E-state index in [0.717, 1.165) is 11.3 Å². The van der Waals surface area contributed by atoms with E-state index in [1.807, 2.05) is 19.9 Å². The van der Waals surface area contributed by atoms with Crippen LogP contribution in [-0.4, -0.2) is 19.0 Å². The first-order chi connectivity index (χ1) is 10.1. The van der Waals surface area contributed by atoms with Crippen molar-refractivity contribution in [2.24, 2.45) is 0 Å². The molecular formula is C17H17ClO3. The summed E-state index contributed by atoms with van der Waals surface area (Å²) < 4.78 is 10.8. The average Bonchev–Trinajstić information content (AvgIpc) is 2.47. The van der Waals surface area contributed by atoms with Gasteiger partial charge in [-0.1, -0.05) is 17.7 Å². The van der Waals surface area contributed by atoms with E-state index in [4.69, 9.17) is 21.1 Å². The summed E-state index contributed by atoms with van der Waals surface area (Å²) in [7, 11) is 0. The van der Waals surface area contributed by atoms with Gasteiger partial charge in [0, 0.05) is 5.56 Å². The highest BCUT2D eigenvalue weighted by atomic mass is 35.5. The predicted octanol–water partition coefficient (Wildman–Crippen LogP) is 4.31. The zero-order valence-electron chi connectivity index (χ0n) is 12.1. The highest BCUT2D eigenvalue weighted by molar-refractivity contribution is 6.32. The van der Waals surface area contributed by atoms with Crippen LogP contribution in [0.15, 0.2) is 42.5 Å². The van der Waals surface area contributed by atoms with Crippen molar-refractivity contribution in [1.29, 1.82) is 0 Å². The fraction of sp³-hybridized carbons (Fsp3) is 0.235. The molecule has 0 saturated carbocycles. The van der Waals surface area contributed by atoms with Crippen LogP contribution in [0.5, 0.6) is 11.5 Å². The number of rotatable bonds is 6. The van der Waals surface area contributed by atoms with Gasteiger partial charge >= 0.3 is 0 Å². The molecule has 2 aromatic carbocycles. The number of Topliss-reactive ketones (excluding diaryl/α,β-unsaturated/α-hetero) is 1. The molecule has 3 nitrogen and oxygen atoms in total. The number of hydrogen-bond acceptors (Lipinski definition) is 3. The minimum Gasteiger partial charge on any atom is -0.494 e. The third kappa shape index (κ3) is 4.23. The van der Waals surface area contributed by atoms with Crippen LogP contribution in [0, 0.1) is 6.92 Å². The number of ketones is 1. The van der Waals surface area contributed by atoms with Gasteiger partial charge in [0.15, 0.2) is 12.4 Å². The van der Waals surface area contributed by atoms with Crippen LogP contribution in [0.3, 0.4) is 0 Å². The fourth-order valence-electron chi connectivity index (χ4n) is 1.85. The fourth-order valence-corrected chi connectivity index (χ4v) is 2.14. The molecule has 2 rings (SSSR count). The molecule has 0 atom stereocenters. The van der Waals surface area contributed by atoms with Gasteiger partial charge in [-0.25, -0.2) is 0 Å². The molecular weight excluding hydrogens is 288 g/mol. The Morgan fingerprint density at radius 2 is 1.81 bits per heavy atom. The number of carbonyl (C=O) groups is 1. The van der Waals surface area contributed by atoms with Crippen molar-refractivity contribution >= 4 is 17.4 Å². The summed E-state index contributed by atoms with van der Waals surface area (Å²) in [5, 5.41) is 0.509. The summed E-state index contributed by atoms with van der Waals surface area (Å²) in [6, 6.07) is 12.5. The van der Waals surface area contributed by atoms with E-state index >= 15 is 0 Å². The van der Waals surface area contributed by atoms with Crippen molar-refractivity contribution in [3.8, 4) is 11.5 Å². The van der Waals surface area contributed by atoms with E-state index in [0.29, 0.717) is 22.9 Å². The third-order valence-corrected chi connectivity index (χ3v) is 3.23. The maximum absolute atomic E-state index is 12.1. The molecule has 0 unspecified atom stereocenters. The van der Waals surface area contributed by atoms with Gasteiger partial charge in [0.25, 0.3) is 0 Å². The number of halogens is 1. The van der Waals surface area contributed by atoms with E-state index < -0.39 is 0 Å². The Morgan fingerprint density at radius 3 is 2.43 bits per heavy atom. The van der Waals surface area contributed by atoms with Crippen molar-refractivity contribution < 1.29 is 14.3 Å². The van der Waals surface area contributed by atoms with Crippen LogP contribution < -0.4 is 9.47 Å². The van der Waals surface area contributed by atoms with Crippen molar-refractivity contribution in [2.75, 3.05) is 13.2 Å². The summed E-state index contributed by atoms with van der Waals surface area (Å²) in [5.74, 6) is 1.16. The lowest BCUT2D eigenvalue weighted by Crippen LogP contribution is -2.11. The average molecular weight is 305 g/mol. The zero-order chi connectivity index (χ0) is 15.2. The molecule has 0 aliphatic carbocycles. The molecule has 4 heteroatoms. The first-order valence-corrected chi connectivity index (χ1v) is 7.13. The van der Waals surface area contributed by atoms with Crippen LogP contribution in [0.25, 0.3) is 0 Å². The molecule has 0 aliphatic heterocycles. The van der Waals surface area contributed by atoms with Crippen molar-refractivity contribution in [3.63, 3.8) is 0 Å². The topological polar surface area (TPSA) is 35.5 Å². The summed E-state index contributed by atoms with van der Waals surface area (Å²) in [6.07, 6.45) is 0. The second-order valence-corrected chi connectivity index (χ2v) is 5.01. The van der Waals surface area contributed by atoms with E-state index in [1.165, 1.54) is 0 Å². The summed E-state index contributed by atoms with van der Waals surface area (Å²) >= 11 is 6.06. The maximum atomic E-state index is 12.1. The van der Waals surface area contributed by atoms with Gasteiger partial charge in [0.1, 0.15) is 11.5 Å². The molecule has 110 valence electrons. The Bertz CT molecular complexity index is 620. The lowest BCUT2D eigenvalue weighted by molar-refractivity contribution is 0.0921. The minimum atomic E-state index is -0.102. The van der Waals surface area contributed by atoms with Gasteiger partial charge in [0.05, 0.1) is 11.6 Å². The standard InChI is InChI=1S/C17H17ClO3/c1-3-20-14-7-5-13(6-8-14)16(19)11-21-17-9-4-12(2)10-15(17)18/h4-10H,3,11H2,1-2H3. The molecule has 0 spiro atoms. The van der Waals surface area contributed by atoms with Gasteiger partial charge in [-0.3, -0.25) is 4.79 Å². The van der Waals surface area contributed by atoms with Crippen molar-refractivity contribution in [2.45, 2.75) is 13.8 Å². The normalized spacial score (nSPS) is 10.2. The van der Waals surface area contributed by atoms with Crippen LogP contribution in [0.4, 0.5) is 0 Å². The highest BCUT2D eigenvalue weighted by Gasteiger charge is 2.09. The largest absolute Gasteiger partial charge is 0.494 e. The quantitative estimate of drug-likeness (QED) is 0.746. The van der Waals surface area contributed by atoms with Crippen molar-refractivity contribution in [3.05, 3.63) is 58.6 Å². The maximum Gasteiger partial charge on any atom is 0.200 e. The monoisotopic (exact) mass is 304 g/mol. The summed E-state index contributed by atoms with van der Waals surface area (Å²) in [6.45, 7) is 4.41. The molecule has 21 heavy (non-hydrogen) atoms.